The summed E-state index contributed by atoms with van der Waals surface area (Å²) in [7, 11) is 0. The smallest absolute Gasteiger partial charge is 0.0623 e. The largest absolute Gasteiger partial charge is 0.377 e. The first-order chi connectivity index (χ1) is 9.58. The van der Waals surface area contributed by atoms with Crippen molar-refractivity contribution in [1.29, 1.82) is 0 Å². The third-order valence-electron chi connectivity index (χ3n) is 5.97. The highest BCUT2D eigenvalue weighted by atomic mass is 16.5. The molecule has 20 heavy (non-hydrogen) atoms. The number of ether oxygens (including phenoxy) is 1. The van der Waals surface area contributed by atoms with Gasteiger partial charge in [0.15, 0.2) is 0 Å². The van der Waals surface area contributed by atoms with Crippen LogP contribution in [0.25, 0.3) is 0 Å². The van der Waals surface area contributed by atoms with E-state index in [1.807, 2.05) is 0 Å². The fourth-order valence-electron chi connectivity index (χ4n) is 5.85. The first kappa shape index (κ1) is 14.8. The molecule has 0 aliphatic heterocycles. The molecule has 0 aromatic heterocycles. The minimum Gasteiger partial charge on any atom is -0.377 e. The van der Waals surface area contributed by atoms with Crippen molar-refractivity contribution in [1.82, 2.24) is 5.32 Å². The van der Waals surface area contributed by atoms with Gasteiger partial charge in [0.05, 0.1) is 12.7 Å². The Labute approximate surface area is 125 Å². The maximum atomic E-state index is 5.91. The molecule has 0 heterocycles. The Balaban J connectivity index is 1.62. The van der Waals surface area contributed by atoms with Crippen LogP contribution >= 0.6 is 0 Å². The first-order valence-electron chi connectivity index (χ1n) is 8.93. The standard InChI is InChI=1S/C18H33NO/c1-4-19-17(12-20-13(2)3)11-18-8-14-5-15(9-18)7-16(6-14)10-18/h13-17,19H,4-12H2,1-3H3. The van der Waals surface area contributed by atoms with Gasteiger partial charge in [0.1, 0.15) is 0 Å². The Kier molecular flexibility index (Phi) is 4.42. The minimum atomic E-state index is 0.354. The third kappa shape index (κ3) is 3.22. The number of likely N-dealkylation sites (N-methyl/N-ethyl adjacent to an activating group) is 1. The normalized spacial score (nSPS) is 40.5. The summed E-state index contributed by atoms with van der Waals surface area (Å²) >= 11 is 0. The van der Waals surface area contributed by atoms with E-state index in [1.54, 1.807) is 19.3 Å². The van der Waals surface area contributed by atoms with E-state index in [0.29, 0.717) is 17.6 Å². The van der Waals surface area contributed by atoms with Crippen molar-refractivity contribution in [3.8, 4) is 0 Å². The molecular formula is C18H33NO. The maximum absolute atomic E-state index is 5.91. The van der Waals surface area contributed by atoms with Crippen LogP contribution in [0, 0.1) is 23.2 Å². The van der Waals surface area contributed by atoms with Crippen LogP contribution in [0.3, 0.4) is 0 Å². The van der Waals surface area contributed by atoms with Gasteiger partial charge in [-0.05, 0) is 88.5 Å². The SMILES string of the molecule is CCNC(COC(C)C)CC12CC3CC(CC(C3)C1)C2. The third-order valence-corrected chi connectivity index (χ3v) is 5.97. The Morgan fingerprint density at radius 3 is 2.05 bits per heavy atom. The van der Waals surface area contributed by atoms with Gasteiger partial charge >= 0.3 is 0 Å². The molecule has 1 N–H and O–H groups in total. The zero-order valence-corrected chi connectivity index (χ0v) is 13.7. The highest BCUT2D eigenvalue weighted by molar-refractivity contribution is 5.02. The monoisotopic (exact) mass is 279 g/mol. The van der Waals surface area contributed by atoms with E-state index in [9.17, 15) is 0 Å². The van der Waals surface area contributed by atoms with Crippen molar-refractivity contribution in [2.24, 2.45) is 23.2 Å². The van der Waals surface area contributed by atoms with Crippen LogP contribution in [0.2, 0.25) is 0 Å². The lowest BCUT2D eigenvalue weighted by Gasteiger charge is -2.57. The summed E-state index contributed by atoms with van der Waals surface area (Å²) in [5, 5.41) is 3.69. The summed E-state index contributed by atoms with van der Waals surface area (Å²) in [5.41, 5.74) is 0.669. The highest BCUT2D eigenvalue weighted by Crippen LogP contribution is 2.61. The molecule has 0 aromatic carbocycles. The molecule has 4 aliphatic carbocycles. The molecule has 4 aliphatic rings. The van der Waals surface area contributed by atoms with Crippen LogP contribution in [0.15, 0.2) is 0 Å². The second-order valence-electron chi connectivity index (χ2n) is 8.26. The van der Waals surface area contributed by atoms with Crippen molar-refractivity contribution in [3.63, 3.8) is 0 Å². The Morgan fingerprint density at radius 2 is 1.60 bits per heavy atom. The Hall–Kier alpha value is -0.0800. The summed E-state index contributed by atoms with van der Waals surface area (Å²) in [6.45, 7) is 8.48. The molecule has 0 saturated heterocycles. The fourth-order valence-corrected chi connectivity index (χ4v) is 5.85. The lowest BCUT2D eigenvalue weighted by atomic mass is 9.48. The molecule has 0 amide bonds. The van der Waals surface area contributed by atoms with Gasteiger partial charge in [-0.2, -0.15) is 0 Å². The predicted octanol–water partition coefficient (Wildman–Crippen LogP) is 4.00. The van der Waals surface area contributed by atoms with Gasteiger partial charge in [-0.1, -0.05) is 6.92 Å². The molecule has 2 heteroatoms. The second kappa shape index (κ2) is 5.96. The summed E-state index contributed by atoms with van der Waals surface area (Å²) in [4.78, 5) is 0. The number of hydrogen-bond donors (Lipinski definition) is 1. The van der Waals surface area contributed by atoms with Crippen LogP contribution in [-0.4, -0.2) is 25.3 Å². The fraction of sp³-hybridized carbons (Fsp3) is 1.00. The average Bonchev–Trinajstić information content (AvgIpc) is 2.34. The van der Waals surface area contributed by atoms with Crippen LogP contribution < -0.4 is 5.32 Å². The van der Waals surface area contributed by atoms with E-state index < -0.39 is 0 Å². The molecule has 116 valence electrons. The second-order valence-corrected chi connectivity index (χ2v) is 8.26. The number of rotatable bonds is 7. The average molecular weight is 279 g/mol. The number of hydrogen-bond acceptors (Lipinski definition) is 2. The molecular weight excluding hydrogens is 246 g/mol. The van der Waals surface area contributed by atoms with Crippen molar-refractivity contribution in [2.75, 3.05) is 13.2 Å². The number of nitrogens with one attached hydrogen (secondary N) is 1. The predicted molar refractivity (Wildman–Crippen MR) is 83.8 cm³/mol. The van der Waals surface area contributed by atoms with Gasteiger partial charge in [0, 0.05) is 6.04 Å². The van der Waals surface area contributed by atoms with E-state index >= 15 is 0 Å². The van der Waals surface area contributed by atoms with E-state index in [0.717, 1.165) is 30.9 Å². The van der Waals surface area contributed by atoms with Crippen molar-refractivity contribution in [2.45, 2.75) is 77.9 Å². The minimum absolute atomic E-state index is 0.354. The molecule has 0 spiro atoms. The quantitative estimate of drug-likeness (QED) is 0.760. The van der Waals surface area contributed by atoms with Crippen LogP contribution in [-0.2, 0) is 4.74 Å². The van der Waals surface area contributed by atoms with Gasteiger partial charge in [0.2, 0.25) is 0 Å². The van der Waals surface area contributed by atoms with Crippen molar-refractivity contribution < 1.29 is 4.74 Å². The summed E-state index contributed by atoms with van der Waals surface area (Å²) in [6.07, 6.45) is 10.9. The highest BCUT2D eigenvalue weighted by Gasteiger charge is 2.51. The Morgan fingerprint density at radius 1 is 1.05 bits per heavy atom. The molecule has 4 fully saturated rings. The van der Waals surface area contributed by atoms with Gasteiger partial charge in [-0.15, -0.1) is 0 Å². The molecule has 1 atom stereocenters. The van der Waals surface area contributed by atoms with Crippen molar-refractivity contribution in [3.05, 3.63) is 0 Å². The molecule has 0 aromatic rings. The topological polar surface area (TPSA) is 21.3 Å². The van der Waals surface area contributed by atoms with Gasteiger partial charge in [-0.25, -0.2) is 0 Å². The first-order valence-corrected chi connectivity index (χ1v) is 8.93. The van der Waals surface area contributed by atoms with Gasteiger partial charge in [0.25, 0.3) is 0 Å². The molecule has 4 bridgehead atoms. The van der Waals surface area contributed by atoms with Crippen LogP contribution in [0.4, 0.5) is 0 Å². The zero-order chi connectivity index (χ0) is 14.2. The van der Waals surface area contributed by atoms with E-state index in [4.69, 9.17) is 4.74 Å². The molecule has 4 rings (SSSR count). The lowest BCUT2D eigenvalue weighted by Crippen LogP contribution is -2.49. The van der Waals surface area contributed by atoms with E-state index in [1.165, 1.54) is 25.7 Å². The van der Waals surface area contributed by atoms with Crippen molar-refractivity contribution >= 4 is 0 Å². The summed E-state index contributed by atoms with van der Waals surface area (Å²) in [5.74, 6) is 3.19. The van der Waals surface area contributed by atoms with E-state index in [-0.39, 0.29) is 0 Å². The van der Waals surface area contributed by atoms with E-state index in [2.05, 4.69) is 26.1 Å². The van der Waals surface area contributed by atoms with Gasteiger partial charge < -0.3 is 10.1 Å². The lowest BCUT2D eigenvalue weighted by molar-refractivity contribution is -0.0680. The zero-order valence-electron chi connectivity index (χ0n) is 13.7. The van der Waals surface area contributed by atoms with Crippen LogP contribution in [0.5, 0.6) is 0 Å². The summed E-state index contributed by atoms with van der Waals surface area (Å²) in [6, 6.07) is 0.568. The molecule has 2 nitrogen and oxygen atoms in total. The van der Waals surface area contributed by atoms with Gasteiger partial charge in [-0.3, -0.25) is 0 Å². The molecule has 4 saturated carbocycles. The Bertz CT molecular complexity index is 290. The van der Waals surface area contributed by atoms with Crippen LogP contribution in [0.1, 0.15) is 65.7 Å². The maximum Gasteiger partial charge on any atom is 0.0623 e. The molecule has 1 unspecified atom stereocenters. The summed E-state index contributed by atoms with van der Waals surface area (Å²) < 4.78 is 5.91. The molecule has 0 radical (unpaired) electrons.